The lowest BCUT2D eigenvalue weighted by Crippen LogP contribution is -2.37. The molecular weight excluding hydrogens is 363 g/mol. The van der Waals surface area contributed by atoms with Crippen LogP contribution in [-0.4, -0.2) is 32.6 Å². The van der Waals surface area contributed by atoms with Gasteiger partial charge >= 0.3 is 0 Å². The van der Waals surface area contributed by atoms with E-state index in [1.54, 1.807) is 6.20 Å². The highest BCUT2D eigenvalue weighted by Crippen LogP contribution is 2.37. The molecule has 4 rings (SSSR count). The molecule has 2 aromatic heterocycles. The van der Waals surface area contributed by atoms with E-state index in [1.165, 1.54) is 0 Å². The molecule has 148 valence electrons. The fraction of sp³-hybridized carbons (Fsp3) is 0.474. The highest BCUT2D eigenvalue weighted by atomic mass is 19.1. The largest absolute Gasteiger partial charge is 0.368 e. The zero-order valence-corrected chi connectivity index (χ0v) is 15.8. The van der Waals surface area contributed by atoms with Crippen LogP contribution in [0.3, 0.4) is 0 Å². The summed E-state index contributed by atoms with van der Waals surface area (Å²) in [6, 6.07) is -0.383. The van der Waals surface area contributed by atoms with Gasteiger partial charge in [-0.2, -0.15) is 5.10 Å². The van der Waals surface area contributed by atoms with Crippen molar-refractivity contribution in [3.8, 4) is 11.3 Å². The summed E-state index contributed by atoms with van der Waals surface area (Å²) in [5, 5.41) is 9.84. The summed E-state index contributed by atoms with van der Waals surface area (Å²) in [7, 11) is 0. The molecule has 2 aliphatic rings. The van der Waals surface area contributed by atoms with E-state index in [1.807, 2.05) is 24.7 Å². The second-order valence-electron chi connectivity index (χ2n) is 7.83. The Morgan fingerprint density at radius 2 is 2.21 bits per heavy atom. The smallest absolute Gasteiger partial charge is 0.254 e. The topological polar surface area (TPSA) is 115 Å². The van der Waals surface area contributed by atoms with E-state index in [-0.39, 0.29) is 35.3 Å². The van der Waals surface area contributed by atoms with Crippen LogP contribution in [0.2, 0.25) is 0 Å². The number of nitrogens with two attached hydrogens (primary N) is 1. The molecule has 2 amide bonds. The molecular formula is C19H23FN6O2. The number of hydrogen-bond acceptors (Lipinski definition) is 5. The summed E-state index contributed by atoms with van der Waals surface area (Å²) in [4.78, 5) is 28.5. The molecule has 0 radical (unpaired) electrons. The molecule has 1 aliphatic heterocycles. The lowest BCUT2D eigenvalue weighted by atomic mass is 10.0. The molecule has 0 saturated heterocycles. The lowest BCUT2D eigenvalue weighted by Gasteiger charge is -2.19. The van der Waals surface area contributed by atoms with Gasteiger partial charge in [0.05, 0.1) is 23.5 Å². The summed E-state index contributed by atoms with van der Waals surface area (Å²) in [6.45, 7) is 3.97. The molecule has 0 aromatic carbocycles. The zero-order chi connectivity index (χ0) is 20.0. The van der Waals surface area contributed by atoms with Gasteiger partial charge in [-0.3, -0.25) is 14.3 Å². The number of aromatic nitrogens is 3. The van der Waals surface area contributed by atoms with Crippen molar-refractivity contribution in [1.82, 2.24) is 20.1 Å². The molecule has 1 atom stereocenters. The Labute approximate surface area is 161 Å². The molecule has 0 bridgehead atoms. The van der Waals surface area contributed by atoms with Crippen LogP contribution in [0.25, 0.3) is 11.3 Å². The fourth-order valence-corrected chi connectivity index (χ4v) is 3.47. The van der Waals surface area contributed by atoms with Crippen LogP contribution in [-0.2, 0) is 11.3 Å². The number of pyridine rings is 1. The van der Waals surface area contributed by atoms with E-state index in [2.05, 4.69) is 20.7 Å². The number of fused-ring (bicyclic) bond motifs is 1. The summed E-state index contributed by atoms with van der Waals surface area (Å²) in [6.07, 6.45) is 6.04. The van der Waals surface area contributed by atoms with Crippen molar-refractivity contribution >= 4 is 17.6 Å². The SMILES string of the molecule is CC(C)CC(Nc1nc(-c2cnn(C3CC3)c2)c2c(c1F)CNC2=O)C(N)=O. The minimum absolute atomic E-state index is 0.0751. The Bertz CT molecular complexity index is 950. The predicted octanol–water partition coefficient (Wildman–Crippen LogP) is 1.97. The number of nitrogens with one attached hydrogen (secondary N) is 2. The first kappa shape index (κ1) is 18.4. The van der Waals surface area contributed by atoms with E-state index in [0.717, 1.165) is 12.8 Å². The van der Waals surface area contributed by atoms with Crippen LogP contribution < -0.4 is 16.4 Å². The first-order chi connectivity index (χ1) is 13.3. The van der Waals surface area contributed by atoms with Crippen LogP contribution in [0.1, 0.15) is 55.1 Å². The molecule has 4 N–H and O–H groups in total. The van der Waals surface area contributed by atoms with Crippen LogP contribution in [0.5, 0.6) is 0 Å². The van der Waals surface area contributed by atoms with Crippen molar-refractivity contribution in [2.24, 2.45) is 11.7 Å². The number of anilines is 1. The van der Waals surface area contributed by atoms with E-state index < -0.39 is 17.8 Å². The van der Waals surface area contributed by atoms with E-state index >= 15 is 4.39 Å². The zero-order valence-electron chi connectivity index (χ0n) is 15.8. The van der Waals surface area contributed by atoms with Crippen LogP contribution >= 0.6 is 0 Å². The van der Waals surface area contributed by atoms with Crippen LogP contribution in [0, 0.1) is 11.7 Å². The van der Waals surface area contributed by atoms with Gasteiger partial charge in [0.1, 0.15) is 6.04 Å². The first-order valence-electron chi connectivity index (χ1n) is 9.46. The average molecular weight is 386 g/mol. The third kappa shape index (κ3) is 3.32. The number of hydrogen-bond donors (Lipinski definition) is 3. The Morgan fingerprint density at radius 3 is 2.86 bits per heavy atom. The van der Waals surface area contributed by atoms with Gasteiger partial charge in [0.25, 0.3) is 5.91 Å². The molecule has 28 heavy (non-hydrogen) atoms. The van der Waals surface area contributed by atoms with E-state index in [0.29, 0.717) is 23.7 Å². The first-order valence-corrected chi connectivity index (χ1v) is 9.46. The van der Waals surface area contributed by atoms with E-state index in [9.17, 15) is 9.59 Å². The average Bonchev–Trinajstić information content (AvgIpc) is 3.24. The Morgan fingerprint density at radius 1 is 1.46 bits per heavy atom. The number of halogens is 1. The lowest BCUT2D eigenvalue weighted by molar-refractivity contribution is -0.119. The Balaban J connectivity index is 1.77. The number of carbonyl (C=O) groups excluding carboxylic acids is 2. The van der Waals surface area contributed by atoms with Gasteiger partial charge in [-0.25, -0.2) is 9.37 Å². The van der Waals surface area contributed by atoms with Crippen molar-refractivity contribution < 1.29 is 14.0 Å². The van der Waals surface area contributed by atoms with Crippen molar-refractivity contribution in [3.05, 3.63) is 29.3 Å². The third-order valence-corrected chi connectivity index (χ3v) is 5.05. The van der Waals surface area contributed by atoms with Crippen LogP contribution in [0.15, 0.2) is 12.4 Å². The Kier molecular flexibility index (Phi) is 4.52. The standard InChI is InChI=1S/C19H23FN6O2/c1-9(2)5-13(17(21)27)24-18-15(20)12-7-22-19(28)14(12)16(25-18)10-6-23-26(8-10)11-3-4-11/h6,8-9,11,13H,3-5,7H2,1-2H3,(H2,21,27)(H,22,28)(H,24,25). The van der Waals surface area contributed by atoms with Crippen molar-refractivity contribution in [1.29, 1.82) is 0 Å². The number of primary amides is 1. The maximum absolute atomic E-state index is 15.1. The normalized spacial score (nSPS) is 16.8. The molecule has 1 aliphatic carbocycles. The summed E-state index contributed by atoms with van der Waals surface area (Å²) < 4.78 is 16.9. The minimum atomic E-state index is -0.757. The second-order valence-corrected chi connectivity index (χ2v) is 7.83. The highest BCUT2D eigenvalue weighted by Gasteiger charge is 2.32. The van der Waals surface area contributed by atoms with E-state index in [4.69, 9.17) is 5.73 Å². The number of nitrogens with zero attached hydrogens (tertiary/aromatic N) is 3. The number of rotatable bonds is 7. The molecule has 3 heterocycles. The maximum atomic E-state index is 15.1. The van der Waals surface area contributed by atoms with Crippen molar-refractivity contribution in [3.63, 3.8) is 0 Å². The van der Waals surface area contributed by atoms with Gasteiger partial charge in [0, 0.05) is 23.9 Å². The molecule has 1 saturated carbocycles. The number of amides is 2. The quantitative estimate of drug-likeness (QED) is 0.673. The molecule has 8 nitrogen and oxygen atoms in total. The minimum Gasteiger partial charge on any atom is -0.368 e. The fourth-order valence-electron chi connectivity index (χ4n) is 3.47. The van der Waals surface area contributed by atoms with Gasteiger partial charge in [0.2, 0.25) is 5.91 Å². The van der Waals surface area contributed by atoms with Crippen LogP contribution in [0.4, 0.5) is 10.2 Å². The number of carbonyl (C=O) groups is 2. The van der Waals surface area contributed by atoms with Crippen molar-refractivity contribution in [2.75, 3.05) is 5.32 Å². The molecule has 1 unspecified atom stereocenters. The van der Waals surface area contributed by atoms with Gasteiger partial charge in [-0.15, -0.1) is 0 Å². The monoisotopic (exact) mass is 386 g/mol. The van der Waals surface area contributed by atoms with Gasteiger partial charge < -0.3 is 16.4 Å². The summed E-state index contributed by atoms with van der Waals surface area (Å²) in [5.41, 5.74) is 6.94. The molecule has 2 aromatic rings. The summed E-state index contributed by atoms with van der Waals surface area (Å²) >= 11 is 0. The molecule has 9 heteroatoms. The van der Waals surface area contributed by atoms with Gasteiger partial charge in [-0.05, 0) is 25.2 Å². The Hall–Kier alpha value is -2.97. The third-order valence-electron chi connectivity index (χ3n) is 5.05. The van der Waals surface area contributed by atoms with Gasteiger partial charge in [0.15, 0.2) is 11.6 Å². The highest BCUT2D eigenvalue weighted by molar-refractivity contribution is 6.04. The predicted molar refractivity (Wildman–Crippen MR) is 101 cm³/mol. The van der Waals surface area contributed by atoms with Crippen molar-refractivity contribution in [2.45, 2.75) is 51.7 Å². The van der Waals surface area contributed by atoms with Gasteiger partial charge in [-0.1, -0.05) is 13.8 Å². The second kappa shape index (κ2) is 6.88. The molecule has 0 spiro atoms. The summed E-state index contributed by atoms with van der Waals surface area (Å²) in [5.74, 6) is -1.47. The maximum Gasteiger partial charge on any atom is 0.254 e. The molecule has 1 fully saturated rings.